The number of aliphatic hydroxyl groups excluding tert-OH is 9. The van der Waals surface area contributed by atoms with Crippen molar-refractivity contribution in [2.45, 2.75) is 195 Å². The maximum absolute atomic E-state index is 13.8. The number of benzene rings is 1. The van der Waals surface area contributed by atoms with E-state index in [0.29, 0.717) is 25.2 Å². The first-order valence-corrected chi connectivity index (χ1v) is 26.8. The van der Waals surface area contributed by atoms with Crippen molar-refractivity contribution in [3.8, 4) is 17.6 Å². The molecule has 5 rings (SSSR count). The number of hydrogen-bond donors (Lipinski definition) is 13. The molecule has 0 aliphatic carbocycles. The second-order valence-electron chi connectivity index (χ2n) is 19.0. The fourth-order valence-electron chi connectivity index (χ4n) is 9.20. The van der Waals surface area contributed by atoms with Gasteiger partial charge in [-0.1, -0.05) is 32.3 Å². The van der Waals surface area contributed by atoms with Gasteiger partial charge in [-0.05, 0) is 31.0 Å². The Bertz CT molecular complexity index is 2280. The van der Waals surface area contributed by atoms with E-state index < -0.39 is 183 Å². The highest BCUT2D eigenvalue weighted by molar-refractivity contribution is 7.80. The molecule has 4 heterocycles. The summed E-state index contributed by atoms with van der Waals surface area (Å²) in [4.78, 5) is 51.1. The van der Waals surface area contributed by atoms with Crippen LogP contribution in [0.1, 0.15) is 83.0 Å². The third-order valence-corrected chi connectivity index (χ3v) is 13.5. The Morgan fingerprint density at radius 1 is 0.603 bits per heavy atom. The van der Waals surface area contributed by atoms with Crippen molar-refractivity contribution in [1.82, 2.24) is 21.3 Å². The van der Waals surface area contributed by atoms with E-state index in [4.69, 9.17) is 37.9 Å². The normalized spacial score (nSPS) is 35.1. The number of hydrogen-bond acceptors (Lipinski definition) is 25. The first-order chi connectivity index (χ1) is 37.0. The summed E-state index contributed by atoms with van der Waals surface area (Å²) in [5, 5.41) is 109. The molecule has 29 nitrogen and oxygen atoms in total. The molecule has 4 aliphatic rings. The van der Waals surface area contributed by atoms with Gasteiger partial charge in [0.05, 0.1) is 33.0 Å². The third kappa shape index (κ3) is 17.8. The zero-order valence-electron chi connectivity index (χ0n) is 43.3. The van der Waals surface area contributed by atoms with Crippen molar-refractivity contribution < 1.29 is 120 Å². The zero-order valence-corrected chi connectivity index (χ0v) is 44.1. The van der Waals surface area contributed by atoms with E-state index in [1.54, 1.807) is 12.1 Å². The van der Waals surface area contributed by atoms with Crippen molar-refractivity contribution in [3.63, 3.8) is 0 Å². The molecule has 0 aromatic heterocycles. The van der Waals surface area contributed by atoms with Crippen LogP contribution >= 0.6 is 0 Å². The van der Waals surface area contributed by atoms with Gasteiger partial charge in [-0.25, -0.2) is 8.42 Å². The molecule has 0 spiro atoms. The van der Waals surface area contributed by atoms with Crippen LogP contribution in [0.25, 0.3) is 0 Å². The highest BCUT2D eigenvalue weighted by Gasteiger charge is 2.56. The van der Waals surface area contributed by atoms with Gasteiger partial charge >= 0.3 is 0 Å². The molecule has 20 atom stereocenters. The molecule has 8 unspecified atom stereocenters. The summed E-state index contributed by atoms with van der Waals surface area (Å²) in [6, 6.07) is -0.788. The van der Waals surface area contributed by atoms with Gasteiger partial charge in [0.1, 0.15) is 103 Å². The van der Waals surface area contributed by atoms with E-state index in [0.717, 1.165) is 46.5 Å². The van der Waals surface area contributed by atoms with Gasteiger partial charge in [0.2, 0.25) is 28.1 Å². The first-order valence-electron chi connectivity index (χ1n) is 25.4. The molecule has 4 saturated heterocycles. The Morgan fingerprint density at radius 2 is 1.08 bits per heavy atom. The largest absolute Gasteiger partial charge is 0.726 e. The maximum atomic E-state index is 13.8. The number of amides is 4. The number of ether oxygens (including phenoxy) is 8. The van der Waals surface area contributed by atoms with Crippen LogP contribution < -0.4 is 26.0 Å². The monoisotopic (exact) mass is 1140 g/mol. The second kappa shape index (κ2) is 30.5. The second-order valence-corrected chi connectivity index (χ2v) is 20.1. The van der Waals surface area contributed by atoms with Crippen molar-refractivity contribution in [1.29, 1.82) is 0 Å². The summed E-state index contributed by atoms with van der Waals surface area (Å²) in [7, 11) is -5.41. The van der Waals surface area contributed by atoms with Crippen LogP contribution in [0.4, 0.5) is 0 Å². The lowest BCUT2D eigenvalue weighted by molar-refractivity contribution is -0.361. The molecule has 0 saturated carbocycles. The first kappa shape index (κ1) is 64.5. The molecule has 4 amide bonds. The van der Waals surface area contributed by atoms with Gasteiger partial charge in [0.25, 0.3) is 5.91 Å². The van der Waals surface area contributed by atoms with Crippen molar-refractivity contribution in [2.75, 3.05) is 33.0 Å². The van der Waals surface area contributed by atoms with E-state index in [9.17, 15) is 78.1 Å². The van der Waals surface area contributed by atoms with Crippen molar-refractivity contribution in [2.24, 2.45) is 0 Å². The molecule has 0 radical (unpaired) electrons. The summed E-state index contributed by atoms with van der Waals surface area (Å²) < 4.78 is 85.6. The van der Waals surface area contributed by atoms with Crippen LogP contribution in [0.2, 0.25) is 0 Å². The van der Waals surface area contributed by atoms with E-state index in [2.05, 4.69) is 44.2 Å². The molecular weight excluding hydrogens is 1060 g/mol. The molecule has 0 bridgehead atoms. The van der Waals surface area contributed by atoms with Crippen molar-refractivity contribution >= 4 is 34.0 Å². The summed E-state index contributed by atoms with van der Waals surface area (Å²) in [6.45, 7) is 1.41. The molecule has 442 valence electrons. The van der Waals surface area contributed by atoms with Gasteiger partial charge < -0.3 is 110 Å². The molecule has 1 aromatic carbocycles. The van der Waals surface area contributed by atoms with Crippen LogP contribution in [0.15, 0.2) is 24.3 Å². The van der Waals surface area contributed by atoms with Gasteiger partial charge in [-0.3, -0.25) is 23.4 Å². The Morgan fingerprint density at radius 3 is 1.58 bits per heavy atom. The molecular formula is C48H73N4O25S-. The summed E-state index contributed by atoms with van der Waals surface area (Å²) in [5.74, 6) is 3.36. The topological polar surface area (TPSA) is 439 Å². The fraction of sp³-hybridized carbons (Fsp3) is 0.750. The lowest BCUT2D eigenvalue weighted by Crippen LogP contribution is -2.71. The fourth-order valence-corrected chi connectivity index (χ4v) is 9.50. The predicted molar refractivity (Wildman–Crippen MR) is 260 cm³/mol. The zero-order chi connectivity index (χ0) is 57.4. The number of carbonyl (C=O) groups is 4. The average Bonchev–Trinajstić information content (AvgIpc) is 3.47. The van der Waals surface area contributed by atoms with Crippen LogP contribution in [0.5, 0.6) is 5.75 Å². The van der Waals surface area contributed by atoms with Gasteiger partial charge in [0, 0.05) is 39.2 Å². The quantitative estimate of drug-likeness (QED) is 0.0188. The lowest BCUT2D eigenvalue weighted by Gasteiger charge is -2.51. The van der Waals surface area contributed by atoms with Gasteiger partial charge in [-0.15, -0.1) is 11.8 Å². The van der Waals surface area contributed by atoms with Crippen LogP contribution in [-0.4, -0.2) is 238 Å². The number of unbranched alkanes of at least 4 members (excludes halogenated alkanes) is 5. The summed E-state index contributed by atoms with van der Waals surface area (Å²) >= 11 is 0. The van der Waals surface area contributed by atoms with E-state index in [-0.39, 0.29) is 5.56 Å². The minimum absolute atomic E-state index is 0.0426. The third-order valence-electron chi connectivity index (χ3n) is 13.0. The Labute approximate surface area is 450 Å². The molecule has 78 heavy (non-hydrogen) atoms. The van der Waals surface area contributed by atoms with Gasteiger partial charge in [0.15, 0.2) is 25.2 Å². The van der Waals surface area contributed by atoms with E-state index in [1.807, 2.05) is 0 Å². The average molecular weight is 1140 g/mol. The lowest BCUT2D eigenvalue weighted by atomic mass is 9.93. The van der Waals surface area contributed by atoms with Gasteiger partial charge in [-0.2, -0.15) is 0 Å². The van der Waals surface area contributed by atoms with Crippen LogP contribution in [0, 0.1) is 11.8 Å². The maximum Gasteiger partial charge on any atom is 0.251 e. The highest BCUT2D eigenvalue weighted by Crippen LogP contribution is 2.35. The van der Waals surface area contributed by atoms with Crippen LogP contribution in [0.3, 0.4) is 0 Å². The molecule has 4 fully saturated rings. The molecule has 13 N–H and O–H groups in total. The Kier molecular flexibility index (Phi) is 25.2. The number of nitrogens with one attached hydrogen (secondary N) is 4. The van der Waals surface area contributed by atoms with E-state index >= 15 is 0 Å². The minimum Gasteiger partial charge on any atom is -0.726 e. The summed E-state index contributed by atoms with van der Waals surface area (Å²) in [6.07, 6.45) is -23.2. The molecule has 1 aromatic rings. The standard InChI is InChI=1S/C48H74N4O25S/c1-5-6-7-8-9-10-11-12-13-17-69-27-16-14-15-26(18-27)44(64)52-33-37(60)36(59)28(19-53)72-46(33)75-41-29(20-54)73-47(34(39(41)62)50-24(3)57)76-42-30(21-55)74-48(35(40(42)63)51-25(4)58)77-43-31(22-70-78(66,67)68)71-45(65)32(38(43)61)49-23(2)56/h14-16,18,28-43,45-48,53-55,59-63,65H,5-9,12-13,17,19-22H2,1-4H3,(H,49,56)(H,50,57)(H,51,58)(H,52,64)(H,66,67,68)/p-1/t28?,29-,30?,31-,32?,33?,34?,35-,36+,37+,38?,39?,40+,41+,42?,43+,45+,46-,47-,48-/m0/s1. The van der Waals surface area contributed by atoms with Crippen LogP contribution in [-0.2, 0) is 62.1 Å². The minimum atomic E-state index is -5.41. The van der Waals surface area contributed by atoms with Crippen molar-refractivity contribution in [3.05, 3.63) is 29.8 Å². The molecule has 4 aliphatic heterocycles. The smallest absolute Gasteiger partial charge is 0.251 e. The number of rotatable bonds is 25. The predicted octanol–water partition coefficient (Wildman–Crippen LogP) is -5.26. The Hall–Kier alpha value is -4.31. The molecule has 30 heteroatoms. The highest BCUT2D eigenvalue weighted by atomic mass is 32.3. The number of carbonyl (C=O) groups excluding carboxylic acids is 4. The SMILES string of the molecule is CCCCCCC#CCCCOc1cccc(C(=O)NC2[C@H](O[C@H]3C(O)C(NC(C)=O)[C@H](OC4C(CO)O[C@@H](O[C@H]5C(O)C(NC(C)=O)[C@H](O)O[C@H]5COS(=O)(=O)[O-])[C@@H](NC(C)=O)[C@H]4O)O[C@H]3CO)OC(CO)[C@@H](O)[C@@H]2O)c1. The van der Waals surface area contributed by atoms with E-state index in [1.165, 1.54) is 18.6 Å². The Balaban J connectivity index is 1.35. The number of aliphatic hydroxyl groups is 9. The summed E-state index contributed by atoms with van der Waals surface area (Å²) in [5.41, 5.74) is 0.0426.